The van der Waals surface area contributed by atoms with Crippen LogP contribution in [0.4, 0.5) is 0 Å². The molecule has 0 bridgehead atoms. The molecule has 1 N–H and O–H groups in total. The number of methoxy groups -OCH3 is 2. The summed E-state index contributed by atoms with van der Waals surface area (Å²) in [5, 5.41) is 9.68. The first-order valence-corrected chi connectivity index (χ1v) is 9.74. The number of rotatable bonds is 6. The third kappa shape index (κ3) is 4.08. The Labute approximate surface area is 165 Å². The summed E-state index contributed by atoms with van der Waals surface area (Å²) in [6.45, 7) is 0.430. The Balaban J connectivity index is 1.67. The standard InChI is InChI=1S/C20H25BN2O5/c1-25-17-8-7-13(9-18(17)28-15-5-3-4-6-15)20-22-16(10-19(23-20)26-2)14-11-21(24)27-12-14/h7-10,14-15,24H,3-6,11-12H2,1-2H3/t14-/m0/s1. The van der Waals surface area contributed by atoms with Gasteiger partial charge < -0.3 is 23.9 Å². The molecular formula is C20H25BN2O5. The predicted octanol–water partition coefficient (Wildman–Crippen LogP) is 3.08. The zero-order valence-corrected chi connectivity index (χ0v) is 16.3. The van der Waals surface area contributed by atoms with Gasteiger partial charge in [-0.3, -0.25) is 0 Å². The zero-order chi connectivity index (χ0) is 19.5. The number of benzene rings is 1. The molecule has 7 nitrogen and oxygen atoms in total. The summed E-state index contributed by atoms with van der Waals surface area (Å²) in [5.74, 6) is 2.45. The van der Waals surface area contributed by atoms with Crippen LogP contribution in [-0.2, 0) is 4.65 Å². The van der Waals surface area contributed by atoms with Gasteiger partial charge in [0, 0.05) is 24.2 Å². The zero-order valence-electron chi connectivity index (χ0n) is 16.3. The molecule has 1 atom stereocenters. The SMILES string of the molecule is COc1cc([C@@H]2COB(O)C2)nc(-c2ccc(OC)c(OC3CCCC3)c2)n1. The molecule has 4 rings (SSSR count). The minimum Gasteiger partial charge on any atom is -0.493 e. The van der Waals surface area contributed by atoms with Crippen molar-refractivity contribution in [2.75, 3.05) is 20.8 Å². The van der Waals surface area contributed by atoms with Crippen molar-refractivity contribution in [3.8, 4) is 28.8 Å². The number of hydrogen-bond acceptors (Lipinski definition) is 7. The quantitative estimate of drug-likeness (QED) is 0.767. The van der Waals surface area contributed by atoms with E-state index in [0.29, 0.717) is 36.1 Å². The third-order valence-electron chi connectivity index (χ3n) is 5.34. The molecule has 1 saturated carbocycles. The van der Waals surface area contributed by atoms with Crippen molar-refractivity contribution < 1.29 is 23.9 Å². The first kappa shape index (κ1) is 19.0. The molecule has 8 heteroatoms. The van der Waals surface area contributed by atoms with E-state index in [1.807, 2.05) is 18.2 Å². The fourth-order valence-electron chi connectivity index (χ4n) is 3.79. The maximum atomic E-state index is 9.68. The van der Waals surface area contributed by atoms with Crippen LogP contribution in [-0.4, -0.2) is 49.0 Å². The fourth-order valence-corrected chi connectivity index (χ4v) is 3.79. The van der Waals surface area contributed by atoms with Crippen LogP contribution in [0.15, 0.2) is 24.3 Å². The van der Waals surface area contributed by atoms with Crippen molar-refractivity contribution in [2.45, 2.75) is 44.0 Å². The second-order valence-electron chi connectivity index (χ2n) is 7.27. The second kappa shape index (κ2) is 8.37. The molecule has 2 aliphatic rings. The Morgan fingerprint density at radius 3 is 2.57 bits per heavy atom. The van der Waals surface area contributed by atoms with Crippen LogP contribution in [0.5, 0.6) is 17.4 Å². The van der Waals surface area contributed by atoms with Crippen molar-refractivity contribution in [3.63, 3.8) is 0 Å². The Bertz CT molecular complexity index is 828. The smallest absolute Gasteiger partial charge is 0.454 e. The fraction of sp³-hybridized carbons (Fsp3) is 0.500. The first-order chi connectivity index (χ1) is 13.7. The molecule has 0 spiro atoms. The summed E-state index contributed by atoms with van der Waals surface area (Å²) in [6.07, 6.45) is 5.27. The summed E-state index contributed by atoms with van der Waals surface area (Å²) >= 11 is 0. The molecule has 2 fully saturated rings. The van der Waals surface area contributed by atoms with Crippen molar-refractivity contribution in [3.05, 3.63) is 30.0 Å². The second-order valence-corrected chi connectivity index (χ2v) is 7.27. The maximum Gasteiger partial charge on any atom is 0.454 e. The number of hydrogen-bond donors (Lipinski definition) is 1. The third-order valence-corrected chi connectivity index (χ3v) is 5.34. The molecule has 0 unspecified atom stereocenters. The Morgan fingerprint density at radius 1 is 1.07 bits per heavy atom. The van der Waals surface area contributed by atoms with Gasteiger partial charge in [0.25, 0.3) is 0 Å². The van der Waals surface area contributed by atoms with E-state index < -0.39 is 7.12 Å². The van der Waals surface area contributed by atoms with E-state index in [-0.39, 0.29) is 12.0 Å². The van der Waals surface area contributed by atoms with E-state index in [1.165, 1.54) is 12.8 Å². The predicted molar refractivity (Wildman–Crippen MR) is 105 cm³/mol. The van der Waals surface area contributed by atoms with Crippen LogP contribution in [0.25, 0.3) is 11.4 Å². The lowest BCUT2D eigenvalue weighted by atomic mass is 9.81. The van der Waals surface area contributed by atoms with Crippen LogP contribution in [0.3, 0.4) is 0 Å². The van der Waals surface area contributed by atoms with E-state index in [1.54, 1.807) is 20.3 Å². The molecule has 28 heavy (non-hydrogen) atoms. The van der Waals surface area contributed by atoms with Gasteiger partial charge in [-0.25, -0.2) is 4.98 Å². The van der Waals surface area contributed by atoms with E-state index in [4.69, 9.17) is 23.8 Å². The Morgan fingerprint density at radius 2 is 1.89 bits per heavy atom. The molecule has 1 aromatic carbocycles. The average Bonchev–Trinajstić information content (AvgIpc) is 3.39. The van der Waals surface area contributed by atoms with E-state index in [2.05, 4.69) is 4.98 Å². The highest BCUT2D eigenvalue weighted by Crippen LogP contribution is 2.36. The maximum absolute atomic E-state index is 9.68. The Hall–Kier alpha value is -2.32. The van der Waals surface area contributed by atoms with Gasteiger partial charge in [0.15, 0.2) is 17.3 Å². The molecule has 2 aromatic rings. The normalized spacial score (nSPS) is 19.8. The van der Waals surface area contributed by atoms with Gasteiger partial charge in [-0.05, 0) is 50.2 Å². The van der Waals surface area contributed by atoms with Gasteiger partial charge >= 0.3 is 7.12 Å². The van der Waals surface area contributed by atoms with Crippen LogP contribution in [0.1, 0.15) is 37.3 Å². The molecule has 1 aliphatic carbocycles. The lowest BCUT2D eigenvalue weighted by Gasteiger charge is -2.17. The van der Waals surface area contributed by atoms with Crippen molar-refractivity contribution in [1.29, 1.82) is 0 Å². The lowest BCUT2D eigenvalue weighted by molar-refractivity contribution is 0.201. The summed E-state index contributed by atoms with van der Waals surface area (Å²) in [4.78, 5) is 9.23. The highest BCUT2D eigenvalue weighted by molar-refractivity contribution is 6.43. The van der Waals surface area contributed by atoms with Crippen LogP contribution in [0, 0.1) is 0 Å². The average molecular weight is 384 g/mol. The van der Waals surface area contributed by atoms with Crippen molar-refractivity contribution in [2.24, 2.45) is 0 Å². The summed E-state index contributed by atoms with van der Waals surface area (Å²) in [7, 11) is 2.47. The molecule has 1 aliphatic heterocycles. The van der Waals surface area contributed by atoms with Crippen LogP contribution in [0.2, 0.25) is 6.32 Å². The van der Waals surface area contributed by atoms with Crippen LogP contribution < -0.4 is 14.2 Å². The molecular weight excluding hydrogens is 359 g/mol. The largest absolute Gasteiger partial charge is 0.493 e. The van der Waals surface area contributed by atoms with E-state index in [0.717, 1.165) is 24.1 Å². The first-order valence-electron chi connectivity index (χ1n) is 9.74. The minimum absolute atomic E-state index is 0.0121. The number of aromatic nitrogens is 2. The van der Waals surface area contributed by atoms with Gasteiger partial charge in [0.2, 0.25) is 5.88 Å². The molecule has 0 radical (unpaired) electrons. The van der Waals surface area contributed by atoms with Crippen molar-refractivity contribution >= 4 is 7.12 Å². The minimum atomic E-state index is -0.748. The van der Waals surface area contributed by atoms with E-state index >= 15 is 0 Å². The number of nitrogens with zero attached hydrogens (tertiary/aromatic N) is 2. The van der Waals surface area contributed by atoms with E-state index in [9.17, 15) is 5.02 Å². The van der Waals surface area contributed by atoms with Gasteiger partial charge in [-0.15, -0.1) is 0 Å². The summed E-state index contributed by atoms with van der Waals surface area (Å²) in [6, 6.07) is 7.52. The highest BCUT2D eigenvalue weighted by atomic mass is 16.5. The Kier molecular flexibility index (Phi) is 5.68. The van der Waals surface area contributed by atoms with Gasteiger partial charge in [0.05, 0.1) is 26.0 Å². The highest BCUT2D eigenvalue weighted by Gasteiger charge is 2.31. The topological polar surface area (TPSA) is 82.9 Å². The number of ether oxygens (including phenoxy) is 3. The monoisotopic (exact) mass is 384 g/mol. The molecule has 2 heterocycles. The summed E-state index contributed by atoms with van der Waals surface area (Å²) in [5.41, 5.74) is 1.63. The van der Waals surface area contributed by atoms with Crippen molar-refractivity contribution in [1.82, 2.24) is 9.97 Å². The lowest BCUT2D eigenvalue weighted by Crippen LogP contribution is -2.11. The molecule has 1 saturated heterocycles. The van der Waals surface area contributed by atoms with Gasteiger partial charge in [0.1, 0.15) is 0 Å². The van der Waals surface area contributed by atoms with Gasteiger partial charge in [-0.2, -0.15) is 4.98 Å². The molecule has 0 amide bonds. The summed E-state index contributed by atoms with van der Waals surface area (Å²) < 4.78 is 22.3. The van der Waals surface area contributed by atoms with Gasteiger partial charge in [-0.1, -0.05) is 0 Å². The van der Waals surface area contributed by atoms with Crippen LogP contribution >= 0.6 is 0 Å². The molecule has 148 valence electrons. The molecule has 1 aromatic heterocycles.